The van der Waals surface area contributed by atoms with Crippen LogP contribution in [0.15, 0.2) is 36.5 Å². The first kappa shape index (κ1) is 16.9. The molecule has 0 unspecified atom stereocenters. The van der Waals surface area contributed by atoms with Crippen molar-refractivity contribution in [1.82, 2.24) is 4.98 Å². The van der Waals surface area contributed by atoms with Gasteiger partial charge in [0, 0.05) is 5.56 Å². The molecule has 23 heavy (non-hydrogen) atoms. The first-order valence-corrected chi connectivity index (χ1v) is 8.34. The van der Waals surface area contributed by atoms with Crippen molar-refractivity contribution in [2.75, 3.05) is 19.5 Å². The maximum Gasteiger partial charge on any atom is 0.264 e. The number of halogens is 1. The van der Waals surface area contributed by atoms with Gasteiger partial charge in [-0.3, -0.25) is 4.18 Å². The van der Waals surface area contributed by atoms with Crippen LogP contribution < -0.4 is 4.74 Å². The minimum absolute atomic E-state index is 0.0190. The first-order chi connectivity index (χ1) is 10.9. The number of hydrogen-bond acceptors (Lipinski definition) is 6. The highest BCUT2D eigenvalue weighted by Gasteiger charge is 2.10. The molecule has 0 atom stereocenters. The molecule has 0 aliphatic rings. The van der Waals surface area contributed by atoms with E-state index in [-0.39, 0.29) is 24.7 Å². The Morgan fingerprint density at radius 2 is 1.96 bits per heavy atom. The van der Waals surface area contributed by atoms with E-state index in [9.17, 15) is 12.8 Å². The minimum Gasteiger partial charge on any atom is -0.489 e. The van der Waals surface area contributed by atoms with Crippen LogP contribution >= 0.6 is 0 Å². The average Bonchev–Trinajstić information content (AvgIpc) is 2.51. The molecule has 0 radical (unpaired) electrons. The molecule has 1 aromatic carbocycles. The zero-order chi connectivity index (χ0) is 16.9. The Hall–Kier alpha value is -2.50. The topological polar surface area (TPSA) is 89.3 Å². The van der Waals surface area contributed by atoms with Crippen LogP contribution in [0.2, 0.25) is 0 Å². The van der Waals surface area contributed by atoms with E-state index < -0.39 is 10.1 Å². The highest BCUT2D eigenvalue weighted by atomic mass is 32.2. The third-order valence-electron chi connectivity index (χ3n) is 2.78. The lowest BCUT2D eigenvalue weighted by atomic mass is 10.1. The Morgan fingerprint density at radius 3 is 2.57 bits per heavy atom. The highest BCUT2D eigenvalue weighted by Crippen LogP contribution is 2.30. The van der Waals surface area contributed by atoms with Crippen LogP contribution in [-0.4, -0.2) is 32.9 Å². The van der Waals surface area contributed by atoms with Crippen molar-refractivity contribution in [3.8, 4) is 22.9 Å². The molecule has 0 aliphatic carbocycles. The van der Waals surface area contributed by atoms with Crippen LogP contribution in [0.5, 0.6) is 5.75 Å². The predicted octanol–water partition coefficient (Wildman–Crippen LogP) is 2.11. The summed E-state index contributed by atoms with van der Waals surface area (Å²) in [7, 11) is -3.54. The zero-order valence-electron chi connectivity index (χ0n) is 12.2. The summed E-state index contributed by atoms with van der Waals surface area (Å²) < 4.78 is 44.9. The highest BCUT2D eigenvalue weighted by molar-refractivity contribution is 7.85. The molecule has 0 fully saturated rings. The Balaban J connectivity index is 2.22. The van der Waals surface area contributed by atoms with Crippen molar-refractivity contribution in [3.05, 3.63) is 48.0 Å². The Bertz CT molecular complexity index is 830. The van der Waals surface area contributed by atoms with Crippen LogP contribution in [0.3, 0.4) is 0 Å². The zero-order valence-corrected chi connectivity index (χ0v) is 13.0. The molecule has 6 nitrogen and oxygen atoms in total. The van der Waals surface area contributed by atoms with Gasteiger partial charge in [0.25, 0.3) is 10.1 Å². The molecule has 2 aromatic rings. The lowest BCUT2D eigenvalue weighted by Crippen LogP contribution is -2.11. The van der Waals surface area contributed by atoms with E-state index in [1.807, 2.05) is 6.07 Å². The Labute approximate surface area is 133 Å². The van der Waals surface area contributed by atoms with Gasteiger partial charge in [0.2, 0.25) is 0 Å². The number of nitriles is 1. The van der Waals surface area contributed by atoms with Gasteiger partial charge < -0.3 is 4.74 Å². The number of ether oxygens (including phenoxy) is 1. The number of hydrogen-bond donors (Lipinski definition) is 0. The normalized spacial score (nSPS) is 11.0. The molecule has 0 amide bonds. The summed E-state index contributed by atoms with van der Waals surface area (Å²) in [6.45, 7) is -0.170. The lowest BCUT2D eigenvalue weighted by Gasteiger charge is -2.11. The van der Waals surface area contributed by atoms with Crippen LogP contribution in [-0.2, 0) is 14.3 Å². The molecule has 0 spiro atoms. The smallest absolute Gasteiger partial charge is 0.264 e. The number of pyridine rings is 1. The molecule has 2 rings (SSSR count). The molecule has 0 saturated carbocycles. The summed E-state index contributed by atoms with van der Waals surface area (Å²) in [6, 6.07) is 9.11. The number of benzene rings is 1. The second kappa shape index (κ2) is 7.17. The van der Waals surface area contributed by atoms with Crippen molar-refractivity contribution in [2.24, 2.45) is 0 Å². The van der Waals surface area contributed by atoms with Gasteiger partial charge in [-0.1, -0.05) is 12.1 Å². The third kappa shape index (κ3) is 5.02. The van der Waals surface area contributed by atoms with E-state index in [1.54, 1.807) is 12.1 Å². The van der Waals surface area contributed by atoms with Crippen LogP contribution in [0.1, 0.15) is 5.69 Å². The molecule has 1 aromatic heterocycles. The summed E-state index contributed by atoms with van der Waals surface area (Å²) in [5.74, 6) is -0.0416. The van der Waals surface area contributed by atoms with E-state index in [0.717, 1.165) is 6.26 Å². The maximum absolute atomic E-state index is 13.0. The van der Waals surface area contributed by atoms with Crippen LogP contribution in [0.4, 0.5) is 4.39 Å². The Kier molecular flexibility index (Phi) is 5.26. The summed E-state index contributed by atoms with van der Waals surface area (Å²) in [5.41, 5.74) is 1.38. The lowest BCUT2D eigenvalue weighted by molar-refractivity contribution is 0.222. The fraction of sp³-hybridized carbons (Fsp3) is 0.200. The monoisotopic (exact) mass is 336 g/mol. The first-order valence-electron chi connectivity index (χ1n) is 6.52. The number of rotatable bonds is 6. The van der Waals surface area contributed by atoms with Gasteiger partial charge in [-0.15, -0.1) is 0 Å². The van der Waals surface area contributed by atoms with Gasteiger partial charge in [0.15, 0.2) is 0 Å². The SMILES string of the molecule is CS(=O)(=O)OCCOc1cnc(C#N)cc1-c1ccc(F)cc1. The van der Waals surface area contributed by atoms with Gasteiger partial charge in [-0.2, -0.15) is 13.7 Å². The van der Waals surface area contributed by atoms with Crippen molar-refractivity contribution in [2.45, 2.75) is 0 Å². The third-order valence-corrected chi connectivity index (χ3v) is 3.37. The molecular weight excluding hydrogens is 323 g/mol. The second-order valence-electron chi connectivity index (χ2n) is 4.56. The standard InChI is InChI=1S/C15H13FN2O4S/c1-23(19,20)22-7-6-21-15-10-18-13(9-17)8-14(15)11-2-4-12(16)5-3-11/h2-5,8,10H,6-7H2,1H3. The second-order valence-corrected chi connectivity index (χ2v) is 6.20. The van der Waals surface area contributed by atoms with Gasteiger partial charge in [0.05, 0.1) is 12.5 Å². The van der Waals surface area contributed by atoms with E-state index in [1.165, 1.54) is 24.4 Å². The molecule has 0 N–H and O–H groups in total. The number of aromatic nitrogens is 1. The van der Waals surface area contributed by atoms with Crippen molar-refractivity contribution < 1.29 is 21.7 Å². The number of nitrogens with zero attached hydrogens (tertiary/aromatic N) is 2. The molecule has 0 bridgehead atoms. The predicted molar refractivity (Wildman–Crippen MR) is 80.6 cm³/mol. The summed E-state index contributed by atoms with van der Waals surface area (Å²) in [5, 5.41) is 8.95. The molecule has 8 heteroatoms. The van der Waals surface area contributed by atoms with E-state index in [0.29, 0.717) is 16.9 Å². The molecule has 0 aliphatic heterocycles. The quantitative estimate of drug-likeness (QED) is 0.593. The van der Waals surface area contributed by atoms with Gasteiger partial charge >= 0.3 is 0 Å². The van der Waals surface area contributed by atoms with Gasteiger partial charge in [0.1, 0.15) is 36.5 Å². The molecule has 120 valence electrons. The molecular formula is C15H13FN2O4S. The van der Waals surface area contributed by atoms with Crippen LogP contribution in [0, 0.1) is 17.1 Å². The Morgan fingerprint density at radius 1 is 1.26 bits per heavy atom. The van der Waals surface area contributed by atoms with E-state index in [4.69, 9.17) is 10.00 Å². The summed E-state index contributed by atoms with van der Waals surface area (Å²) in [6.07, 6.45) is 2.30. The van der Waals surface area contributed by atoms with Crippen molar-refractivity contribution in [3.63, 3.8) is 0 Å². The average molecular weight is 336 g/mol. The van der Waals surface area contributed by atoms with Crippen LogP contribution in [0.25, 0.3) is 11.1 Å². The molecule has 1 heterocycles. The maximum atomic E-state index is 13.0. The largest absolute Gasteiger partial charge is 0.489 e. The van der Waals surface area contributed by atoms with Crippen molar-refractivity contribution in [1.29, 1.82) is 5.26 Å². The van der Waals surface area contributed by atoms with Gasteiger partial charge in [-0.25, -0.2) is 9.37 Å². The summed E-state index contributed by atoms with van der Waals surface area (Å²) in [4.78, 5) is 3.91. The fourth-order valence-electron chi connectivity index (χ4n) is 1.81. The fourth-order valence-corrected chi connectivity index (χ4v) is 2.18. The van der Waals surface area contributed by atoms with E-state index >= 15 is 0 Å². The summed E-state index contributed by atoms with van der Waals surface area (Å²) >= 11 is 0. The van der Waals surface area contributed by atoms with Crippen molar-refractivity contribution >= 4 is 10.1 Å². The van der Waals surface area contributed by atoms with Gasteiger partial charge in [-0.05, 0) is 23.8 Å². The molecule has 0 saturated heterocycles. The van der Waals surface area contributed by atoms with E-state index in [2.05, 4.69) is 9.17 Å². The minimum atomic E-state index is -3.54.